The van der Waals surface area contributed by atoms with E-state index in [2.05, 4.69) is 12.2 Å². The summed E-state index contributed by atoms with van der Waals surface area (Å²) in [4.78, 5) is 12.0. The first-order chi connectivity index (χ1) is 10.2. The number of amides is 1. The third-order valence-electron chi connectivity index (χ3n) is 3.12. The monoisotopic (exact) mass is 280 g/mol. The summed E-state index contributed by atoms with van der Waals surface area (Å²) in [5, 5.41) is 11.5. The van der Waals surface area contributed by atoms with E-state index in [4.69, 9.17) is 5.26 Å². The zero-order valence-electron chi connectivity index (χ0n) is 12.0. The van der Waals surface area contributed by atoms with Crippen LogP contribution in [0, 0.1) is 11.3 Å². The number of aromatic nitrogens is 1. The van der Waals surface area contributed by atoms with Crippen molar-refractivity contribution in [3.05, 3.63) is 59.9 Å². The molecule has 0 aliphatic carbocycles. The smallest absolute Gasteiger partial charge is 0.290 e. The second-order valence-corrected chi connectivity index (χ2v) is 4.87. The molecule has 0 spiro atoms. The van der Waals surface area contributed by atoms with Crippen LogP contribution in [0.3, 0.4) is 0 Å². The molecule has 4 nitrogen and oxygen atoms in total. The molecule has 0 aliphatic rings. The van der Waals surface area contributed by atoms with Crippen molar-refractivity contribution in [2.75, 3.05) is 5.32 Å². The minimum atomic E-state index is -0.0899. The highest BCUT2D eigenvalue weighted by Crippen LogP contribution is 2.08. The van der Waals surface area contributed by atoms with Crippen molar-refractivity contribution in [3.63, 3.8) is 0 Å². The molecule has 2 rings (SSSR count). The van der Waals surface area contributed by atoms with Crippen LogP contribution >= 0.6 is 0 Å². The second kappa shape index (κ2) is 7.20. The number of carbonyl (C=O) groups is 1. The summed E-state index contributed by atoms with van der Waals surface area (Å²) in [6, 6.07) is 12.9. The Morgan fingerprint density at radius 2 is 1.86 bits per heavy atom. The van der Waals surface area contributed by atoms with Crippen molar-refractivity contribution in [1.82, 2.24) is 0 Å². The van der Waals surface area contributed by atoms with Crippen LogP contribution in [0.2, 0.25) is 0 Å². The van der Waals surface area contributed by atoms with Crippen LogP contribution in [0.1, 0.15) is 24.5 Å². The molecule has 2 aromatic rings. The first-order valence-electron chi connectivity index (χ1n) is 6.99. The summed E-state index contributed by atoms with van der Waals surface area (Å²) in [5.74, 6) is -0.0899. The van der Waals surface area contributed by atoms with E-state index in [9.17, 15) is 4.79 Å². The van der Waals surface area contributed by atoms with Gasteiger partial charge in [-0.15, -0.1) is 0 Å². The van der Waals surface area contributed by atoms with Crippen LogP contribution in [0.25, 0.3) is 0 Å². The Kier molecular flexibility index (Phi) is 5.05. The maximum atomic E-state index is 12.0. The molecule has 0 aliphatic heterocycles. The van der Waals surface area contributed by atoms with Crippen molar-refractivity contribution in [3.8, 4) is 6.07 Å². The lowest BCUT2D eigenvalue weighted by atomic mass is 10.1. The fourth-order valence-corrected chi connectivity index (χ4v) is 2.04. The van der Waals surface area contributed by atoms with Crippen LogP contribution in [0.15, 0.2) is 48.8 Å². The molecule has 21 heavy (non-hydrogen) atoms. The van der Waals surface area contributed by atoms with Crippen LogP contribution < -0.4 is 9.88 Å². The summed E-state index contributed by atoms with van der Waals surface area (Å²) < 4.78 is 1.85. The Morgan fingerprint density at radius 1 is 1.19 bits per heavy atom. The Balaban J connectivity index is 1.93. The van der Waals surface area contributed by atoms with Crippen molar-refractivity contribution in [1.29, 1.82) is 5.26 Å². The highest BCUT2D eigenvalue weighted by Gasteiger charge is 2.09. The number of anilines is 1. The zero-order chi connectivity index (χ0) is 15.1. The van der Waals surface area contributed by atoms with Gasteiger partial charge in [-0.3, -0.25) is 4.79 Å². The molecule has 1 amide bonds. The lowest BCUT2D eigenvalue weighted by Crippen LogP contribution is -2.39. The van der Waals surface area contributed by atoms with Crippen LogP contribution in [0.4, 0.5) is 5.69 Å². The topological polar surface area (TPSA) is 56.8 Å². The van der Waals surface area contributed by atoms with E-state index in [0.29, 0.717) is 11.3 Å². The molecule has 106 valence electrons. The Hall–Kier alpha value is -2.67. The standard InChI is InChI=1S/C17H17N3O/c1-2-3-14-8-10-20(11-9-14)13-17(21)19-16-6-4-15(12-18)5-7-16/h4-11H,2-3,13H2,1H3/p+1. The molecule has 0 fully saturated rings. The minimum Gasteiger partial charge on any atom is -0.321 e. The Bertz CT molecular complexity index is 639. The molecular formula is C17H18N3O+. The van der Waals surface area contributed by atoms with Gasteiger partial charge in [0.2, 0.25) is 6.54 Å². The van der Waals surface area contributed by atoms with Gasteiger partial charge in [-0.2, -0.15) is 9.83 Å². The molecule has 1 aromatic carbocycles. The predicted molar refractivity (Wildman–Crippen MR) is 80.4 cm³/mol. The largest absolute Gasteiger partial charge is 0.321 e. The lowest BCUT2D eigenvalue weighted by Gasteiger charge is -2.03. The first kappa shape index (κ1) is 14.7. The molecule has 0 saturated carbocycles. The summed E-state index contributed by atoms with van der Waals surface area (Å²) >= 11 is 0. The highest BCUT2D eigenvalue weighted by atomic mass is 16.1. The van der Waals surface area contributed by atoms with Gasteiger partial charge < -0.3 is 5.32 Å². The van der Waals surface area contributed by atoms with E-state index in [1.807, 2.05) is 35.2 Å². The molecule has 1 heterocycles. The summed E-state index contributed by atoms with van der Waals surface area (Å²) in [6.45, 7) is 2.42. The molecule has 1 N–H and O–H groups in total. The van der Waals surface area contributed by atoms with E-state index in [1.54, 1.807) is 24.3 Å². The van der Waals surface area contributed by atoms with Crippen molar-refractivity contribution in [2.45, 2.75) is 26.3 Å². The van der Waals surface area contributed by atoms with Crippen LogP contribution in [-0.2, 0) is 17.8 Å². The quantitative estimate of drug-likeness (QED) is 0.855. The van der Waals surface area contributed by atoms with E-state index in [1.165, 1.54) is 5.56 Å². The normalized spacial score (nSPS) is 9.90. The number of carbonyl (C=O) groups excluding carboxylic acids is 1. The summed E-state index contributed by atoms with van der Waals surface area (Å²) in [6.07, 6.45) is 6.01. The number of pyridine rings is 1. The first-order valence-corrected chi connectivity index (χ1v) is 6.99. The number of rotatable bonds is 5. The van der Waals surface area contributed by atoms with E-state index >= 15 is 0 Å². The van der Waals surface area contributed by atoms with Gasteiger partial charge >= 0.3 is 0 Å². The van der Waals surface area contributed by atoms with Crippen molar-refractivity contribution >= 4 is 11.6 Å². The average Bonchev–Trinajstić information content (AvgIpc) is 2.50. The molecule has 4 heteroatoms. The van der Waals surface area contributed by atoms with Crippen molar-refractivity contribution in [2.24, 2.45) is 0 Å². The van der Waals surface area contributed by atoms with Crippen molar-refractivity contribution < 1.29 is 9.36 Å². The summed E-state index contributed by atoms with van der Waals surface area (Å²) in [7, 11) is 0. The highest BCUT2D eigenvalue weighted by molar-refractivity contribution is 5.89. The van der Waals surface area contributed by atoms with Gasteiger partial charge in [-0.1, -0.05) is 13.3 Å². The molecular weight excluding hydrogens is 262 g/mol. The average molecular weight is 280 g/mol. The van der Waals surface area contributed by atoms with E-state index < -0.39 is 0 Å². The predicted octanol–water partition coefficient (Wildman–Crippen LogP) is 2.44. The molecule has 1 aromatic heterocycles. The Labute approximate surface area is 124 Å². The number of benzene rings is 1. The SMILES string of the molecule is CCCc1cc[n+](CC(=O)Nc2ccc(C#N)cc2)cc1. The van der Waals surface area contributed by atoms with Crippen LogP contribution in [-0.4, -0.2) is 5.91 Å². The maximum absolute atomic E-state index is 12.0. The fourth-order valence-electron chi connectivity index (χ4n) is 2.04. The van der Waals surface area contributed by atoms with Gasteiger partial charge in [0, 0.05) is 17.8 Å². The second-order valence-electron chi connectivity index (χ2n) is 4.87. The number of hydrogen-bond acceptors (Lipinski definition) is 2. The fraction of sp³-hybridized carbons (Fsp3) is 0.235. The van der Waals surface area contributed by atoms with E-state index in [0.717, 1.165) is 12.8 Å². The minimum absolute atomic E-state index is 0.0899. The molecule has 0 atom stereocenters. The third-order valence-corrected chi connectivity index (χ3v) is 3.12. The maximum Gasteiger partial charge on any atom is 0.290 e. The molecule has 0 unspecified atom stereocenters. The molecule has 0 bridgehead atoms. The lowest BCUT2D eigenvalue weighted by molar-refractivity contribution is -0.684. The number of nitriles is 1. The molecule has 0 radical (unpaired) electrons. The number of nitrogens with zero attached hydrogens (tertiary/aromatic N) is 2. The van der Waals surface area contributed by atoms with Gasteiger partial charge in [-0.25, -0.2) is 0 Å². The Morgan fingerprint density at radius 3 is 2.43 bits per heavy atom. The van der Waals surface area contributed by atoms with Gasteiger partial charge in [0.1, 0.15) is 0 Å². The zero-order valence-corrected chi connectivity index (χ0v) is 12.0. The van der Waals surface area contributed by atoms with E-state index in [-0.39, 0.29) is 12.5 Å². The number of nitrogens with one attached hydrogen (secondary N) is 1. The third kappa shape index (κ3) is 4.43. The van der Waals surface area contributed by atoms with Gasteiger partial charge in [0.05, 0.1) is 11.6 Å². The van der Waals surface area contributed by atoms with Crippen LogP contribution in [0.5, 0.6) is 0 Å². The molecule has 0 saturated heterocycles. The van der Waals surface area contributed by atoms with Gasteiger partial charge in [0.15, 0.2) is 12.4 Å². The van der Waals surface area contributed by atoms with Gasteiger partial charge in [0.25, 0.3) is 5.91 Å². The number of hydrogen-bond donors (Lipinski definition) is 1. The van der Waals surface area contributed by atoms with Gasteiger partial charge in [-0.05, 0) is 36.2 Å². The number of aryl methyl sites for hydroxylation is 1. The summed E-state index contributed by atoms with van der Waals surface area (Å²) in [5.41, 5.74) is 2.55.